The molecule has 0 radical (unpaired) electrons. The van der Waals surface area contributed by atoms with Gasteiger partial charge in [-0.15, -0.1) is 0 Å². The molecule has 544 valence electrons. The second-order valence-corrected chi connectivity index (χ2v) is 25.7. The Bertz CT molecular complexity index is 3570. The number of carbonyl (C=O) groups is 10. The zero-order valence-corrected chi connectivity index (χ0v) is 59.4. The second-order valence-electron chi connectivity index (χ2n) is 25.7. The summed E-state index contributed by atoms with van der Waals surface area (Å²) in [6, 6.07) is 18.3. The van der Waals surface area contributed by atoms with Crippen molar-refractivity contribution in [3.05, 3.63) is 120 Å². The van der Waals surface area contributed by atoms with Crippen molar-refractivity contribution in [3.8, 4) is 46.0 Å². The van der Waals surface area contributed by atoms with Crippen LogP contribution in [0.15, 0.2) is 98.1 Å². The van der Waals surface area contributed by atoms with E-state index >= 15 is 0 Å². The molecule has 2 aliphatic heterocycles. The van der Waals surface area contributed by atoms with Gasteiger partial charge in [-0.3, -0.25) is 19.2 Å². The van der Waals surface area contributed by atoms with Crippen LogP contribution in [0.3, 0.4) is 0 Å². The number of nitrogens with zero attached hydrogens (tertiary/aromatic N) is 2. The summed E-state index contributed by atoms with van der Waals surface area (Å²) in [5, 5.41) is 9.08. The van der Waals surface area contributed by atoms with Gasteiger partial charge in [0.15, 0.2) is 36.2 Å². The third kappa shape index (κ3) is 23.2. The zero-order valence-electron chi connectivity index (χ0n) is 59.4. The second kappa shape index (κ2) is 37.7. The highest BCUT2D eigenvalue weighted by atomic mass is 16.6. The normalized spacial score (nSPS) is 15.1. The molecule has 0 saturated carbocycles. The molecule has 2 aliphatic rings. The maximum atomic E-state index is 14.0. The van der Waals surface area contributed by atoms with Crippen LogP contribution in [0, 0.1) is 10.8 Å². The van der Waals surface area contributed by atoms with Crippen LogP contribution in [-0.4, -0.2) is 174 Å². The van der Waals surface area contributed by atoms with Gasteiger partial charge < -0.3 is 76.5 Å². The van der Waals surface area contributed by atoms with Crippen LogP contribution < -0.4 is 37.9 Å². The van der Waals surface area contributed by atoms with E-state index in [2.05, 4.69) is 13.2 Å². The fourth-order valence-electron chi connectivity index (χ4n) is 10.9. The Morgan fingerprint density at radius 1 is 0.520 bits per heavy atom. The van der Waals surface area contributed by atoms with Gasteiger partial charge in [-0.2, -0.15) is 0 Å². The van der Waals surface area contributed by atoms with E-state index < -0.39 is 107 Å². The van der Waals surface area contributed by atoms with Crippen molar-refractivity contribution in [2.24, 2.45) is 10.8 Å². The SMILES string of the molecule is C=CC(=O)OCC(C)(C)C(=O)C(=O)N1CCCC[C@H]1C(=O)O[C@H](CCc1cc(OC)cc(OC)c1OC)c1cccc(OCC(=O)O)c1.C=CC(=O)OCC(C)(C)C(=O)C(=O)N1CCCC[C@H]1C(=O)O[C@H](CCc1cc(OC)cc(OC)c1OC)c1cccc(OCC(=O)OC(C)(C)C)c1. The van der Waals surface area contributed by atoms with Crippen molar-refractivity contribution in [2.45, 2.75) is 143 Å². The summed E-state index contributed by atoms with van der Waals surface area (Å²) in [5.41, 5.74) is -0.839. The van der Waals surface area contributed by atoms with Crippen LogP contribution in [0.1, 0.15) is 134 Å². The van der Waals surface area contributed by atoms with Gasteiger partial charge in [0.2, 0.25) is 11.6 Å². The minimum absolute atomic E-state index is 0.164. The molecule has 0 aromatic heterocycles. The Balaban J connectivity index is 0.000000362. The molecule has 4 aromatic carbocycles. The summed E-state index contributed by atoms with van der Waals surface area (Å²) in [6.07, 6.45) is 4.38. The molecular weight excluding hydrogens is 1300 g/mol. The highest BCUT2D eigenvalue weighted by Gasteiger charge is 2.45. The minimum Gasteiger partial charge on any atom is -0.497 e. The van der Waals surface area contributed by atoms with Crippen molar-refractivity contribution in [1.82, 2.24) is 9.80 Å². The number of rotatable bonds is 34. The molecule has 2 heterocycles. The molecule has 2 fully saturated rings. The van der Waals surface area contributed by atoms with Crippen LogP contribution in [-0.2, 0) is 84.5 Å². The first-order valence-corrected chi connectivity index (χ1v) is 32.5. The fourth-order valence-corrected chi connectivity index (χ4v) is 10.9. The Morgan fingerprint density at radius 3 is 1.27 bits per heavy atom. The van der Waals surface area contributed by atoms with Gasteiger partial charge in [-0.25, -0.2) is 28.8 Å². The average Bonchev–Trinajstić information content (AvgIpc) is 0.813. The number of Topliss-reactive ketones (excluding diaryl/α,β-unsaturated/α-hetero) is 2. The van der Waals surface area contributed by atoms with Crippen LogP contribution in [0.5, 0.6) is 46.0 Å². The Morgan fingerprint density at radius 2 is 0.920 bits per heavy atom. The molecule has 26 heteroatoms. The van der Waals surface area contributed by atoms with Crippen molar-refractivity contribution in [1.29, 1.82) is 0 Å². The number of ether oxygens (including phenoxy) is 13. The molecule has 0 spiro atoms. The number of amides is 2. The standard InChI is InChI=1S/C39H51NO12.C35H43NO12/c1-10-32(41)50-24-39(5,6)35(43)36(44)40-19-12-11-16-29(40)37(45)51-30(18-17-26-21-28(46-7)22-31(47-8)34(26)48-9)25-14-13-15-27(20-25)49-23-33(42)52-38(2,3)4;1-7-30(39)47-21-35(2,3)32(40)33(41)36-16-9-8-13-26(36)34(42)48-27(22-11-10-12-24(17-22)46-20-29(37)38)15-14-23-18-25(43-4)19-28(44-5)31(23)45-6/h10,13-15,20-22,29-30H,1,11-12,16-19,23-24H2,2-9H3;7,10-12,17-19,26-27H,1,8-9,13-16,20-21H2,2-6H3,(H,37,38)/t29-,30+;26-,27+/m00/s1. The molecule has 6 rings (SSSR count). The molecule has 4 atom stereocenters. The third-order valence-corrected chi connectivity index (χ3v) is 16.2. The van der Waals surface area contributed by atoms with Gasteiger partial charge in [-0.05, 0) is 160 Å². The molecule has 4 aromatic rings. The van der Waals surface area contributed by atoms with Crippen LogP contribution in [0.4, 0.5) is 0 Å². The number of ketones is 2. The molecule has 2 amide bonds. The predicted octanol–water partition coefficient (Wildman–Crippen LogP) is 9.45. The Labute approximate surface area is 583 Å². The summed E-state index contributed by atoms with van der Waals surface area (Å²) in [5.74, 6) is -4.29. The maximum Gasteiger partial charge on any atom is 0.344 e. The highest BCUT2D eigenvalue weighted by molar-refractivity contribution is 6.39. The number of aliphatic carboxylic acids is 1. The fraction of sp³-hybridized carbons (Fsp3) is 0.486. The van der Waals surface area contributed by atoms with E-state index in [-0.39, 0.29) is 64.3 Å². The largest absolute Gasteiger partial charge is 0.497 e. The summed E-state index contributed by atoms with van der Waals surface area (Å²) in [4.78, 5) is 131. The van der Waals surface area contributed by atoms with Gasteiger partial charge in [0, 0.05) is 48.5 Å². The molecule has 0 bridgehead atoms. The zero-order chi connectivity index (χ0) is 74.1. The number of hydrogen-bond acceptors (Lipinski definition) is 23. The number of carboxylic acid groups (broad SMARTS) is 1. The van der Waals surface area contributed by atoms with E-state index in [4.69, 9.17) is 66.7 Å². The lowest BCUT2D eigenvalue weighted by molar-refractivity contribution is -0.165. The predicted molar refractivity (Wildman–Crippen MR) is 362 cm³/mol. The van der Waals surface area contributed by atoms with Crippen molar-refractivity contribution in [2.75, 3.05) is 82.2 Å². The summed E-state index contributed by atoms with van der Waals surface area (Å²) in [6.45, 7) is 16.7. The summed E-state index contributed by atoms with van der Waals surface area (Å²) in [7, 11) is 9.12. The van der Waals surface area contributed by atoms with Crippen molar-refractivity contribution in [3.63, 3.8) is 0 Å². The lowest BCUT2D eigenvalue weighted by Crippen LogP contribution is -2.53. The van der Waals surface area contributed by atoms with E-state index in [9.17, 15) is 47.9 Å². The maximum absolute atomic E-state index is 14.0. The van der Waals surface area contributed by atoms with Crippen LogP contribution in [0.2, 0.25) is 0 Å². The van der Waals surface area contributed by atoms with E-state index in [1.807, 2.05) is 6.07 Å². The number of esters is 5. The Kier molecular flexibility index (Phi) is 30.4. The molecule has 26 nitrogen and oxygen atoms in total. The van der Waals surface area contributed by atoms with Crippen molar-refractivity contribution < 1.29 is 115 Å². The first-order chi connectivity index (χ1) is 47.4. The lowest BCUT2D eigenvalue weighted by atomic mass is 9.87. The third-order valence-electron chi connectivity index (χ3n) is 16.2. The first-order valence-electron chi connectivity index (χ1n) is 32.5. The highest BCUT2D eigenvalue weighted by Crippen LogP contribution is 2.41. The molecule has 0 unspecified atom stereocenters. The van der Waals surface area contributed by atoms with Gasteiger partial charge in [0.25, 0.3) is 11.8 Å². The van der Waals surface area contributed by atoms with Crippen LogP contribution in [0.25, 0.3) is 0 Å². The molecule has 2 saturated heterocycles. The quantitative estimate of drug-likeness (QED) is 0.0197. The first kappa shape index (κ1) is 80.5. The van der Waals surface area contributed by atoms with E-state index in [1.165, 1.54) is 80.2 Å². The average molecular weight is 1400 g/mol. The molecular formula is C74H94N2O24. The topological polar surface area (TPSA) is 317 Å². The van der Waals surface area contributed by atoms with Gasteiger partial charge >= 0.3 is 35.8 Å². The Hall–Kier alpha value is -10.1. The molecule has 1 N–H and O–H groups in total. The van der Waals surface area contributed by atoms with Crippen LogP contribution >= 0.6 is 0 Å². The summed E-state index contributed by atoms with van der Waals surface area (Å²) < 4.78 is 72.0. The number of likely N-dealkylation sites (tertiary alicyclic amines) is 2. The van der Waals surface area contributed by atoms with E-state index in [0.717, 1.165) is 17.7 Å². The lowest BCUT2D eigenvalue weighted by Gasteiger charge is -2.36. The van der Waals surface area contributed by atoms with Gasteiger partial charge in [-0.1, -0.05) is 37.4 Å². The molecule has 0 aliphatic carbocycles. The monoisotopic (exact) mass is 1390 g/mol. The number of methoxy groups -OCH3 is 6. The number of piperidine rings is 2. The number of hydrogen-bond donors (Lipinski definition) is 1. The minimum atomic E-state index is -1.35. The van der Waals surface area contributed by atoms with E-state index in [1.54, 1.807) is 87.5 Å². The van der Waals surface area contributed by atoms with Gasteiger partial charge in [0.05, 0.1) is 53.5 Å². The number of carboxylic acids is 1. The van der Waals surface area contributed by atoms with Crippen molar-refractivity contribution >= 4 is 59.2 Å². The van der Waals surface area contributed by atoms with Gasteiger partial charge in [0.1, 0.15) is 66.1 Å². The number of carbonyl (C=O) groups excluding carboxylic acids is 9. The number of benzene rings is 4. The molecule has 100 heavy (non-hydrogen) atoms. The smallest absolute Gasteiger partial charge is 0.344 e. The number of aryl methyl sites for hydroxylation is 2. The summed E-state index contributed by atoms with van der Waals surface area (Å²) >= 11 is 0. The van der Waals surface area contributed by atoms with E-state index in [0.29, 0.717) is 95.5 Å².